The van der Waals surface area contributed by atoms with Crippen molar-refractivity contribution >= 4 is 16.0 Å². The Balaban J connectivity index is 3.05. The van der Waals surface area contributed by atoms with Gasteiger partial charge in [0.15, 0.2) is 0 Å². The fourth-order valence-electron chi connectivity index (χ4n) is 1.66. The second kappa shape index (κ2) is 5.49. The molecule has 0 aliphatic carbocycles. The molecular formula is C12H17NO4S. The van der Waals surface area contributed by atoms with E-state index in [0.717, 1.165) is 0 Å². The van der Waals surface area contributed by atoms with Crippen LogP contribution < -0.4 is 4.72 Å². The van der Waals surface area contributed by atoms with Crippen molar-refractivity contribution in [1.29, 1.82) is 0 Å². The number of hydrogen-bond donors (Lipinski definition) is 2. The number of carbonyl (C=O) groups is 1. The molecule has 1 aromatic carbocycles. The zero-order valence-electron chi connectivity index (χ0n) is 10.4. The van der Waals surface area contributed by atoms with Crippen molar-refractivity contribution in [3.05, 3.63) is 30.3 Å². The van der Waals surface area contributed by atoms with Gasteiger partial charge in [0.2, 0.25) is 10.0 Å². The van der Waals surface area contributed by atoms with Crippen LogP contribution in [0.1, 0.15) is 26.7 Å². The average molecular weight is 271 g/mol. The van der Waals surface area contributed by atoms with Gasteiger partial charge in [-0.1, -0.05) is 31.5 Å². The number of nitrogens with one attached hydrogen (secondary N) is 1. The van der Waals surface area contributed by atoms with Crippen LogP contribution in [0, 0.1) is 0 Å². The molecule has 100 valence electrons. The van der Waals surface area contributed by atoms with E-state index in [4.69, 9.17) is 5.11 Å². The topological polar surface area (TPSA) is 83.5 Å². The lowest BCUT2D eigenvalue weighted by Gasteiger charge is -2.25. The van der Waals surface area contributed by atoms with Crippen molar-refractivity contribution in [2.75, 3.05) is 0 Å². The Hall–Kier alpha value is -1.40. The average Bonchev–Trinajstić information content (AvgIpc) is 2.29. The molecule has 0 bridgehead atoms. The SMILES string of the molecule is CCC[C@@](C)(NS(=O)(=O)c1ccccc1)C(=O)O. The molecule has 0 aromatic heterocycles. The molecule has 0 fully saturated rings. The summed E-state index contributed by atoms with van der Waals surface area (Å²) in [7, 11) is -3.82. The van der Waals surface area contributed by atoms with Crippen molar-refractivity contribution in [1.82, 2.24) is 4.72 Å². The van der Waals surface area contributed by atoms with Gasteiger partial charge in [-0.05, 0) is 25.5 Å². The molecule has 18 heavy (non-hydrogen) atoms. The lowest BCUT2D eigenvalue weighted by Crippen LogP contribution is -2.51. The van der Waals surface area contributed by atoms with Crippen molar-refractivity contribution in [2.45, 2.75) is 37.1 Å². The van der Waals surface area contributed by atoms with Crippen molar-refractivity contribution < 1.29 is 18.3 Å². The van der Waals surface area contributed by atoms with Gasteiger partial charge in [-0.15, -0.1) is 0 Å². The van der Waals surface area contributed by atoms with Crippen molar-refractivity contribution in [3.63, 3.8) is 0 Å². The van der Waals surface area contributed by atoms with Gasteiger partial charge < -0.3 is 5.11 Å². The molecule has 1 rings (SSSR count). The van der Waals surface area contributed by atoms with Crippen LogP contribution in [0.2, 0.25) is 0 Å². The number of rotatable bonds is 6. The van der Waals surface area contributed by atoms with Gasteiger partial charge in [0.25, 0.3) is 0 Å². The third kappa shape index (κ3) is 3.30. The van der Waals surface area contributed by atoms with E-state index >= 15 is 0 Å². The van der Waals surface area contributed by atoms with Gasteiger partial charge in [0.1, 0.15) is 5.54 Å². The van der Waals surface area contributed by atoms with Crippen LogP contribution >= 0.6 is 0 Å². The molecule has 0 unspecified atom stereocenters. The summed E-state index contributed by atoms with van der Waals surface area (Å²) in [5, 5.41) is 9.15. The van der Waals surface area contributed by atoms with Crippen LogP contribution in [0.5, 0.6) is 0 Å². The highest BCUT2D eigenvalue weighted by Crippen LogP contribution is 2.17. The maximum atomic E-state index is 12.1. The Morgan fingerprint density at radius 3 is 2.33 bits per heavy atom. The molecule has 1 aromatic rings. The van der Waals surface area contributed by atoms with Gasteiger partial charge in [0.05, 0.1) is 4.90 Å². The minimum atomic E-state index is -3.82. The zero-order valence-corrected chi connectivity index (χ0v) is 11.2. The smallest absolute Gasteiger partial charge is 0.324 e. The molecule has 0 saturated carbocycles. The van der Waals surface area contributed by atoms with Gasteiger partial charge in [0, 0.05) is 0 Å². The van der Waals surface area contributed by atoms with Crippen molar-refractivity contribution in [2.24, 2.45) is 0 Å². The lowest BCUT2D eigenvalue weighted by molar-refractivity contribution is -0.143. The number of sulfonamides is 1. The minimum absolute atomic E-state index is 0.0635. The van der Waals surface area contributed by atoms with Gasteiger partial charge in [-0.2, -0.15) is 4.72 Å². The molecular weight excluding hydrogens is 254 g/mol. The predicted octanol–water partition coefficient (Wildman–Crippen LogP) is 1.61. The normalized spacial score (nSPS) is 15.0. The van der Waals surface area contributed by atoms with E-state index in [1.54, 1.807) is 25.1 Å². The van der Waals surface area contributed by atoms with Crippen LogP contribution in [0.3, 0.4) is 0 Å². The van der Waals surface area contributed by atoms with E-state index in [2.05, 4.69) is 4.72 Å². The summed E-state index contributed by atoms with van der Waals surface area (Å²) in [6.07, 6.45) is 0.800. The Bertz CT molecular complexity index is 512. The Morgan fingerprint density at radius 1 is 1.33 bits per heavy atom. The summed E-state index contributed by atoms with van der Waals surface area (Å²) in [6, 6.07) is 7.73. The van der Waals surface area contributed by atoms with Gasteiger partial charge in [-0.3, -0.25) is 4.79 Å². The molecule has 1 atom stereocenters. The maximum Gasteiger partial charge on any atom is 0.324 e. The number of benzene rings is 1. The minimum Gasteiger partial charge on any atom is -0.480 e. The molecule has 0 amide bonds. The third-order valence-corrected chi connectivity index (χ3v) is 4.25. The number of carboxylic acid groups (broad SMARTS) is 1. The summed E-state index contributed by atoms with van der Waals surface area (Å²) >= 11 is 0. The highest BCUT2D eigenvalue weighted by molar-refractivity contribution is 7.89. The Kier molecular flexibility index (Phi) is 4.48. The van der Waals surface area contributed by atoms with Gasteiger partial charge >= 0.3 is 5.97 Å². The fraction of sp³-hybridized carbons (Fsp3) is 0.417. The van der Waals surface area contributed by atoms with E-state index in [-0.39, 0.29) is 11.3 Å². The van der Waals surface area contributed by atoms with E-state index < -0.39 is 21.5 Å². The largest absolute Gasteiger partial charge is 0.480 e. The first-order valence-electron chi connectivity index (χ1n) is 5.64. The molecule has 0 heterocycles. The molecule has 0 spiro atoms. The Morgan fingerprint density at radius 2 is 1.89 bits per heavy atom. The molecule has 6 heteroatoms. The van der Waals surface area contributed by atoms with Crippen LogP contribution in [0.15, 0.2) is 35.2 Å². The van der Waals surface area contributed by atoms with E-state index in [1.165, 1.54) is 19.1 Å². The lowest BCUT2D eigenvalue weighted by atomic mass is 9.98. The fourth-order valence-corrected chi connectivity index (χ4v) is 3.07. The van der Waals surface area contributed by atoms with Crippen LogP contribution in [0.25, 0.3) is 0 Å². The third-order valence-electron chi connectivity index (χ3n) is 2.64. The predicted molar refractivity (Wildman–Crippen MR) is 67.7 cm³/mol. The molecule has 5 nitrogen and oxygen atoms in total. The summed E-state index contributed by atoms with van der Waals surface area (Å²) in [4.78, 5) is 11.3. The second-order valence-electron chi connectivity index (χ2n) is 4.31. The standard InChI is InChI=1S/C12H17NO4S/c1-3-9-12(2,11(14)15)13-18(16,17)10-7-5-4-6-8-10/h4-8,13H,3,9H2,1-2H3,(H,14,15)/t12-/m1/s1. The molecule has 0 radical (unpaired) electrons. The highest BCUT2D eigenvalue weighted by Gasteiger charge is 2.36. The van der Waals surface area contributed by atoms with E-state index in [1.807, 2.05) is 0 Å². The number of hydrogen-bond acceptors (Lipinski definition) is 3. The maximum absolute atomic E-state index is 12.1. The number of carboxylic acids is 1. The van der Waals surface area contributed by atoms with E-state index in [0.29, 0.717) is 6.42 Å². The zero-order chi connectivity index (χ0) is 13.8. The molecule has 0 saturated heterocycles. The monoisotopic (exact) mass is 271 g/mol. The summed E-state index contributed by atoms with van der Waals surface area (Å²) in [5.41, 5.74) is -1.48. The first kappa shape index (κ1) is 14.7. The van der Waals surface area contributed by atoms with Crippen molar-refractivity contribution in [3.8, 4) is 0 Å². The van der Waals surface area contributed by atoms with Crippen LogP contribution in [-0.4, -0.2) is 25.0 Å². The molecule has 0 aliphatic rings. The molecule has 2 N–H and O–H groups in total. The van der Waals surface area contributed by atoms with Crippen LogP contribution in [0.4, 0.5) is 0 Å². The van der Waals surface area contributed by atoms with Gasteiger partial charge in [-0.25, -0.2) is 8.42 Å². The first-order chi connectivity index (χ1) is 8.32. The Labute approximate surface area is 107 Å². The first-order valence-corrected chi connectivity index (χ1v) is 7.12. The highest BCUT2D eigenvalue weighted by atomic mass is 32.2. The summed E-state index contributed by atoms with van der Waals surface area (Å²) in [6.45, 7) is 3.18. The summed E-state index contributed by atoms with van der Waals surface area (Å²) in [5.74, 6) is -1.18. The van der Waals surface area contributed by atoms with Crippen LogP contribution in [-0.2, 0) is 14.8 Å². The summed E-state index contributed by atoms with van der Waals surface area (Å²) < 4.78 is 26.4. The second-order valence-corrected chi connectivity index (χ2v) is 5.99. The quantitative estimate of drug-likeness (QED) is 0.823. The number of aliphatic carboxylic acids is 1. The molecule has 0 aliphatic heterocycles. The van der Waals surface area contributed by atoms with E-state index in [9.17, 15) is 13.2 Å².